The van der Waals surface area contributed by atoms with E-state index in [1.165, 1.54) is 32.2 Å². The summed E-state index contributed by atoms with van der Waals surface area (Å²) in [6.45, 7) is 7.47. The predicted molar refractivity (Wildman–Crippen MR) is 74.7 cm³/mol. The standard InChI is InChI=1S/C15H26N2O/c1-4-8-15(9-5-10-16-15)12-17(3)11-14-7-6-13(2)18-14/h6-7,16H,4-5,8-12H2,1-3H3. The molecule has 0 amide bonds. The summed E-state index contributed by atoms with van der Waals surface area (Å²) in [6.07, 6.45) is 5.14. The molecule has 1 aromatic rings. The predicted octanol–water partition coefficient (Wildman–Crippen LogP) is 2.94. The minimum atomic E-state index is 0.338. The van der Waals surface area contributed by atoms with Crippen LogP contribution in [0.3, 0.4) is 0 Å². The van der Waals surface area contributed by atoms with Crippen LogP contribution in [0.25, 0.3) is 0 Å². The maximum Gasteiger partial charge on any atom is 0.118 e. The van der Waals surface area contributed by atoms with Crippen molar-refractivity contribution in [3.05, 3.63) is 23.7 Å². The zero-order valence-corrected chi connectivity index (χ0v) is 12.0. The van der Waals surface area contributed by atoms with Crippen LogP contribution >= 0.6 is 0 Å². The van der Waals surface area contributed by atoms with Crippen molar-refractivity contribution in [2.45, 2.75) is 51.6 Å². The quantitative estimate of drug-likeness (QED) is 0.841. The van der Waals surface area contributed by atoms with Gasteiger partial charge in [-0.05, 0) is 51.9 Å². The van der Waals surface area contributed by atoms with E-state index in [1.807, 2.05) is 13.0 Å². The van der Waals surface area contributed by atoms with E-state index >= 15 is 0 Å². The molecule has 102 valence electrons. The van der Waals surface area contributed by atoms with E-state index in [-0.39, 0.29) is 0 Å². The minimum absolute atomic E-state index is 0.338. The second kappa shape index (κ2) is 5.89. The third kappa shape index (κ3) is 3.36. The molecule has 2 rings (SSSR count). The first-order chi connectivity index (χ1) is 8.63. The number of nitrogens with zero attached hydrogens (tertiary/aromatic N) is 1. The molecule has 1 aliphatic rings. The molecule has 0 aliphatic carbocycles. The molecule has 1 N–H and O–H groups in total. The van der Waals surface area contributed by atoms with E-state index in [2.05, 4.69) is 30.3 Å². The van der Waals surface area contributed by atoms with Crippen molar-refractivity contribution in [3.8, 4) is 0 Å². The Bertz CT molecular complexity index is 366. The summed E-state index contributed by atoms with van der Waals surface area (Å²) >= 11 is 0. The lowest BCUT2D eigenvalue weighted by atomic mass is 9.91. The van der Waals surface area contributed by atoms with Crippen molar-refractivity contribution in [2.24, 2.45) is 0 Å². The Morgan fingerprint density at radius 2 is 2.28 bits per heavy atom. The summed E-state index contributed by atoms with van der Waals surface area (Å²) in [5.74, 6) is 2.07. The fourth-order valence-electron chi connectivity index (χ4n) is 3.18. The first-order valence-electron chi connectivity index (χ1n) is 7.12. The molecule has 0 spiro atoms. The maximum atomic E-state index is 5.65. The van der Waals surface area contributed by atoms with Gasteiger partial charge in [0.1, 0.15) is 11.5 Å². The van der Waals surface area contributed by atoms with Crippen LogP contribution in [0, 0.1) is 6.92 Å². The fraction of sp³-hybridized carbons (Fsp3) is 0.733. The van der Waals surface area contributed by atoms with Gasteiger partial charge in [-0.25, -0.2) is 0 Å². The molecule has 1 aromatic heterocycles. The van der Waals surface area contributed by atoms with Crippen LogP contribution in [-0.2, 0) is 6.54 Å². The SMILES string of the molecule is CCCC1(CN(C)Cc2ccc(C)o2)CCCN1. The Morgan fingerprint density at radius 3 is 2.83 bits per heavy atom. The van der Waals surface area contributed by atoms with Crippen molar-refractivity contribution >= 4 is 0 Å². The van der Waals surface area contributed by atoms with Crippen molar-refractivity contribution in [3.63, 3.8) is 0 Å². The van der Waals surface area contributed by atoms with Gasteiger partial charge in [0.05, 0.1) is 6.54 Å². The van der Waals surface area contributed by atoms with E-state index in [0.717, 1.165) is 24.6 Å². The molecule has 1 fully saturated rings. The number of rotatable bonds is 6. The minimum Gasteiger partial charge on any atom is -0.465 e. The van der Waals surface area contributed by atoms with Gasteiger partial charge in [-0.3, -0.25) is 4.90 Å². The molecule has 0 bridgehead atoms. The van der Waals surface area contributed by atoms with Crippen LogP contribution in [0.5, 0.6) is 0 Å². The summed E-state index contributed by atoms with van der Waals surface area (Å²) in [5.41, 5.74) is 0.338. The summed E-state index contributed by atoms with van der Waals surface area (Å²) in [4.78, 5) is 2.38. The molecule has 1 unspecified atom stereocenters. The lowest BCUT2D eigenvalue weighted by Gasteiger charge is -2.33. The van der Waals surface area contributed by atoms with Gasteiger partial charge in [-0.2, -0.15) is 0 Å². The third-order valence-corrected chi connectivity index (χ3v) is 3.86. The Hall–Kier alpha value is -0.800. The van der Waals surface area contributed by atoms with E-state index in [0.29, 0.717) is 5.54 Å². The average molecular weight is 250 g/mol. The molecule has 1 atom stereocenters. The van der Waals surface area contributed by atoms with Crippen molar-refractivity contribution in [2.75, 3.05) is 20.1 Å². The molecule has 0 radical (unpaired) electrons. The van der Waals surface area contributed by atoms with Crippen LogP contribution in [0.1, 0.15) is 44.1 Å². The molecular weight excluding hydrogens is 224 g/mol. The van der Waals surface area contributed by atoms with Crippen molar-refractivity contribution in [1.82, 2.24) is 10.2 Å². The van der Waals surface area contributed by atoms with Gasteiger partial charge in [-0.15, -0.1) is 0 Å². The topological polar surface area (TPSA) is 28.4 Å². The van der Waals surface area contributed by atoms with Crippen LogP contribution in [0.2, 0.25) is 0 Å². The number of nitrogens with one attached hydrogen (secondary N) is 1. The fourth-order valence-corrected chi connectivity index (χ4v) is 3.18. The highest BCUT2D eigenvalue weighted by atomic mass is 16.3. The highest BCUT2D eigenvalue weighted by Gasteiger charge is 2.33. The van der Waals surface area contributed by atoms with Gasteiger partial charge in [0.25, 0.3) is 0 Å². The molecule has 3 nitrogen and oxygen atoms in total. The zero-order chi connectivity index (χ0) is 13.0. The van der Waals surface area contributed by atoms with E-state index < -0.39 is 0 Å². The van der Waals surface area contributed by atoms with E-state index in [1.54, 1.807) is 0 Å². The molecule has 18 heavy (non-hydrogen) atoms. The number of furan rings is 1. The van der Waals surface area contributed by atoms with Crippen LogP contribution in [0.15, 0.2) is 16.5 Å². The Kier molecular flexibility index (Phi) is 4.46. The summed E-state index contributed by atoms with van der Waals surface area (Å²) in [7, 11) is 2.19. The van der Waals surface area contributed by atoms with E-state index in [4.69, 9.17) is 4.42 Å². The smallest absolute Gasteiger partial charge is 0.118 e. The van der Waals surface area contributed by atoms with Gasteiger partial charge >= 0.3 is 0 Å². The van der Waals surface area contributed by atoms with Crippen LogP contribution < -0.4 is 5.32 Å². The summed E-state index contributed by atoms with van der Waals surface area (Å²) in [5, 5.41) is 3.72. The number of aryl methyl sites for hydroxylation is 1. The lowest BCUT2D eigenvalue weighted by Crippen LogP contribution is -2.48. The third-order valence-electron chi connectivity index (χ3n) is 3.86. The highest BCUT2D eigenvalue weighted by molar-refractivity contribution is 5.05. The largest absolute Gasteiger partial charge is 0.465 e. The van der Waals surface area contributed by atoms with Crippen LogP contribution in [0.4, 0.5) is 0 Å². The first-order valence-corrected chi connectivity index (χ1v) is 7.12. The van der Waals surface area contributed by atoms with Gasteiger partial charge < -0.3 is 9.73 Å². The monoisotopic (exact) mass is 250 g/mol. The molecule has 3 heteroatoms. The van der Waals surface area contributed by atoms with Gasteiger partial charge in [-0.1, -0.05) is 13.3 Å². The zero-order valence-electron chi connectivity index (χ0n) is 12.0. The molecule has 1 aliphatic heterocycles. The lowest BCUT2D eigenvalue weighted by molar-refractivity contribution is 0.196. The van der Waals surface area contributed by atoms with Gasteiger partial charge in [0.15, 0.2) is 0 Å². The second-order valence-electron chi connectivity index (χ2n) is 5.75. The first kappa shape index (κ1) is 13.6. The number of likely N-dealkylation sites (N-methyl/N-ethyl adjacent to an activating group) is 1. The normalized spacial score (nSPS) is 24.0. The second-order valence-corrected chi connectivity index (χ2v) is 5.75. The van der Waals surface area contributed by atoms with Gasteiger partial charge in [0.2, 0.25) is 0 Å². The maximum absolute atomic E-state index is 5.65. The number of hydrogen-bond acceptors (Lipinski definition) is 3. The van der Waals surface area contributed by atoms with Gasteiger partial charge in [0, 0.05) is 12.1 Å². The Morgan fingerprint density at radius 1 is 1.44 bits per heavy atom. The molecule has 0 saturated carbocycles. The summed E-state index contributed by atoms with van der Waals surface area (Å²) in [6, 6.07) is 4.12. The van der Waals surface area contributed by atoms with E-state index in [9.17, 15) is 0 Å². The summed E-state index contributed by atoms with van der Waals surface area (Å²) < 4.78 is 5.65. The highest BCUT2D eigenvalue weighted by Crippen LogP contribution is 2.26. The number of hydrogen-bond donors (Lipinski definition) is 1. The van der Waals surface area contributed by atoms with Crippen LogP contribution in [-0.4, -0.2) is 30.6 Å². The molecule has 1 saturated heterocycles. The van der Waals surface area contributed by atoms with Crippen molar-refractivity contribution < 1.29 is 4.42 Å². The molecular formula is C15H26N2O. The Balaban J connectivity index is 1.90. The molecule has 0 aromatic carbocycles. The van der Waals surface area contributed by atoms with Crippen molar-refractivity contribution in [1.29, 1.82) is 0 Å². The average Bonchev–Trinajstić information content (AvgIpc) is 2.89. The Labute approximate surface area is 111 Å². The molecule has 2 heterocycles.